The minimum absolute atomic E-state index is 0.0153. The number of halogens is 3. The SMILES string of the molecule is CCc1c(C(=O)O)nnn1Cc1ccccc1C(F)(F)F. The molecule has 0 radical (unpaired) electrons. The monoisotopic (exact) mass is 299 g/mol. The fraction of sp³-hybridized carbons (Fsp3) is 0.308. The third-order valence-corrected chi connectivity index (χ3v) is 3.02. The minimum Gasteiger partial charge on any atom is -0.476 e. The first-order valence-electron chi connectivity index (χ1n) is 6.15. The number of carboxylic acids is 1. The van der Waals surface area contributed by atoms with Crippen molar-refractivity contribution in [1.29, 1.82) is 0 Å². The van der Waals surface area contributed by atoms with Crippen LogP contribution in [0.25, 0.3) is 0 Å². The maximum absolute atomic E-state index is 12.9. The molecule has 0 atom stereocenters. The van der Waals surface area contributed by atoms with Gasteiger partial charge in [-0.2, -0.15) is 13.2 Å². The van der Waals surface area contributed by atoms with Crippen LogP contribution < -0.4 is 0 Å². The van der Waals surface area contributed by atoms with Crippen LogP contribution in [-0.4, -0.2) is 26.1 Å². The Hall–Kier alpha value is -2.38. The summed E-state index contributed by atoms with van der Waals surface area (Å²) in [5.41, 5.74) is -0.692. The van der Waals surface area contributed by atoms with Gasteiger partial charge < -0.3 is 5.11 Å². The molecular formula is C13H12F3N3O2. The standard InChI is InChI=1S/C13H12F3N3O2/c1-2-10-11(12(20)21)17-18-19(10)7-8-5-3-4-6-9(8)13(14,15)16/h3-6H,2,7H2,1H3,(H,20,21). The Morgan fingerprint density at radius 3 is 2.57 bits per heavy atom. The van der Waals surface area contributed by atoms with Crippen molar-refractivity contribution in [2.24, 2.45) is 0 Å². The van der Waals surface area contributed by atoms with Crippen molar-refractivity contribution in [2.75, 3.05) is 0 Å². The van der Waals surface area contributed by atoms with E-state index >= 15 is 0 Å². The molecule has 0 aliphatic carbocycles. The van der Waals surface area contributed by atoms with Crippen molar-refractivity contribution in [1.82, 2.24) is 15.0 Å². The number of alkyl halides is 3. The quantitative estimate of drug-likeness (QED) is 0.942. The van der Waals surface area contributed by atoms with Crippen LogP contribution in [0.15, 0.2) is 24.3 Å². The molecule has 112 valence electrons. The van der Waals surface area contributed by atoms with E-state index in [1.54, 1.807) is 6.92 Å². The van der Waals surface area contributed by atoms with E-state index in [2.05, 4.69) is 10.3 Å². The molecule has 0 amide bonds. The molecule has 0 unspecified atom stereocenters. The van der Waals surface area contributed by atoms with Gasteiger partial charge in [-0.25, -0.2) is 9.48 Å². The van der Waals surface area contributed by atoms with Crippen LogP contribution in [0.4, 0.5) is 13.2 Å². The van der Waals surface area contributed by atoms with Gasteiger partial charge in [-0.1, -0.05) is 30.3 Å². The maximum atomic E-state index is 12.9. The van der Waals surface area contributed by atoms with Gasteiger partial charge in [0.25, 0.3) is 0 Å². The summed E-state index contributed by atoms with van der Waals surface area (Å²) in [7, 11) is 0. The molecule has 2 rings (SSSR count). The van der Waals surface area contributed by atoms with Crippen LogP contribution in [0, 0.1) is 0 Å². The lowest BCUT2D eigenvalue weighted by Crippen LogP contribution is -2.14. The highest BCUT2D eigenvalue weighted by molar-refractivity contribution is 5.86. The summed E-state index contributed by atoms with van der Waals surface area (Å²) in [6.07, 6.45) is -4.16. The van der Waals surface area contributed by atoms with Gasteiger partial charge in [0, 0.05) is 0 Å². The topological polar surface area (TPSA) is 68.0 Å². The molecule has 0 aliphatic rings. The molecule has 0 bridgehead atoms. The average Bonchev–Trinajstić information content (AvgIpc) is 2.81. The number of hydrogen-bond donors (Lipinski definition) is 1. The molecule has 5 nitrogen and oxygen atoms in total. The largest absolute Gasteiger partial charge is 0.476 e. The molecule has 1 N–H and O–H groups in total. The molecule has 8 heteroatoms. The first-order chi connectivity index (χ1) is 9.84. The molecule has 1 aromatic heterocycles. The van der Waals surface area contributed by atoms with Crippen molar-refractivity contribution in [3.63, 3.8) is 0 Å². The molecule has 0 spiro atoms. The predicted molar refractivity (Wildman–Crippen MR) is 66.9 cm³/mol. The smallest absolute Gasteiger partial charge is 0.416 e. The van der Waals surface area contributed by atoms with Gasteiger partial charge in [0.2, 0.25) is 0 Å². The third-order valence-electron chi connectivity index (χ3n) is 3.02. The van der Waals surface area contributed by atoms with E-state index in [1.165, 1.54) is 22.9 Å². The first-order valence-corrected chi connectivity index (χ1v) is 6.15. The highest BCUT2D eigenvalue weighted by atomic mass is 19.4. The average molecular weight is 299 g/mol. The Morgan fingerprint density at radius 2 is 2.00 bits per heavy atom. The Kier molecular flexibility index (Phi) is 3.97. The van der Waals surface area contributed by atoms with Crippen LogP contribution in [-0.2, 0) is 19.1 Å². The van der Waals surface area contributed by atoms with Crippen LogP contribution >= 0.6 is 0 Å². The van der Waals surface area contributed by atoms with Crippen molar-refractivity contribution >= 4 is 5.97 Å². The molecule has 1 heterocycles. The highest BCUT2D eigenvalue weighted by Crippen LogP contribution is 2.32. The molecule has 2 aromatic rings. The van der Waals surface area contributed by atoms with Gasteiger partial charge in [-0.05, 0) is 18.1 Å². The number of aromatic nitrogens is 3. The van der Waals surface area contributed by atoms with E-state index in [4.69, 9.17) is 5.11 Å². The summed E-state index contributed by atoms with van der Waals surface area (Å²) in [6, 6.07) is 5.11. The number of hydrogen-bond acceptors (Lipinski definition) is 3. The Balaban J connectivity index is 2.42. The lowest BCUT2D eigenvalue weighted by atomic mass is 10.1. The number of benzene rings is 1. The van der Waals surface area contributed by atoms with E-state index in [0.29, 0.717) is 12.1 Å². The molecule has 0 saturated carbocycles. The first kappa shape index (κ1) is 15.0. The summed E-state index contributed by atoms with van der Waals surface area (Å²) < 4.78 is 40.0. The third kappa shape index (κ3) is 3.04. The van der Waals surface area contributed by atoms with Crippen LogP contribution in [0.3, 0.4) is 0 Å². The zero-order valence-corrected chi connectivity index (χ0v) is 11.1. The Morgan fingerprint density at radius 1 is 1.33 bits per heavy atom. The number of nitrogens with zero attached hydrogens (tertiary/aromatic N) is 3. The van der Waals surface area contributed by atoms with E-state index in [9.17, 15) is 18.0 Å². The molecule has 1 aromatic carbocycles. The summed E-state index contributed by atoms with van der Waals surface area (Å²) in [4.78, 5) is 11.0. The van der Waals surface area contributed by atoms with Crippen molar-refractivity contribution in [2.45, 2.75) is 26.1 Å². The second-order valence-corrected chi connectivity index (χ2v) is 4.36. The lowest BCUT2D eigenvalue weighted by molar-refractivity contribution is -0.138. The van der Waals surface area contributed by atoms with Crippen molar-refractivity contribution in [3.05, 3.63) is 46.8 Å². The molecular weight excluding hydrogens is 287 g/mol. The maximum Gasteiger partial charge on any atom is 0.416 e. The zero-order valence-electron chi connectivity index (χ0n) is 11.1. The van der Waals surface area contributed by atoms with E-state index < -0.39 is 17.7 Å². The molecule has 0 fully saturated rings. The second kappa shape index (κ2) is 5.55. The summed E-state index contributed by atoms with van der Waals surface area (Å²) in [5, 5.41) is 16.1. The molecule has 0 aliphatic heterocycles. The summed E-state index contributed by atoms with van der Waals surface area (Å²) in [5.74, 6) is -1.25. The Labute approximate surface area is 118 Å². The number of aromatic carboxylic acids is 1. The molecule has 21 heavy (non-hydrogen) atoms. The fourth-order valence-electron chi connectivity index (χ4n) is 2.07. The summed E-state index contributed by atoms with van der Waals surface area (Å²) >= 11 is 0. The van der Waals surface area contributed by atoms with Gasteiger partial charge in [0.05, 0.1) is 17.8 Å². The van der Waals surface area contributed by atoms with Gasteiger partial charge >= 0.3 is 12.1 Å². The fourth-order valence-corrected chi connectivity index (χ4v) is 2.07. The predicted octanol–water partition coefficient (Wildman–Crippen LogP) is 2.61. The van der Waals surface area contributed by atoms with Gasteiger partial charge in [-0.15, -0.1) is 5.10 Å². The number of carboxylic acid groups (broad SMARTS) is 1. The van der Waals surface area contributed by atoms with E-state index in [0.717, 1.165) is 6.07 Å². The molecule has 0 saturated heterocycles. The summed E-state index contributed by atoms with van der Waals surface area (Å²) in [6.45, 7) is 1.51. The lowest BCUT2D eigenvalue weighted by Gasteiger charge is -2.13. The highest BCUT2D eigenvalue weighted by Gasteiger charge is 2.33. The number of carbonyl (C=O) groups is 1. The van der Waals surface area contributed by atoms with Gasteiger partial charge in [-0.3, -0.25) is 0 Å². The van der Waals surface area contributed by atoms with Gasteiger partial charge in [0.15, 0.2) is 5.69 Å². The van der Waals surface area contributed by atoms with Crippen molar-refractivity contribution in [3.8, 4) is 0 Å². The van der Waals surface area contributed by atoms with Crippen LogP contribution in [0.5, 0.6) is 0 Å². The minimum atomic E-state index is -4.47. The van der Waals surface area contributed by atoms with E-state index in [1.807, 2.05) is 0 Å². The zero-order chi connectivity index (χ0) is 15.6. The Bertz CT molecular complexity index is 665. The normalized spacial score (nSPS) is 11.6. The number of rotatable bonds is 4. The van der Waals surface area contributed by atoms with Gasteiger partial charge in [0.1, 0.15) is 0 Å². The van der Waals surface area contributed by atoms with E-state index in [-0.39, 0.29) is 17.8 Å². The second-order valence-electron chi connectivity index (χ2n) is 4.36. The van der Waals surface area contributed by atoms with Crippen LogP contribution in [0.1, 0.15) is 34.2 Å². The van der Waals surface area contributed by atoms with Crippen LogP contribution in [0.2, 0.25) is 0 Å². The van der Waals surface area contributed by atoms with Crippen molar-refractivity contribution < 1.29 is 23.1 Å².